The van der Waals surface area contributed by atoms with Crippen LogP contribution in [0.2, 0.25) is 0 Å². The predicted molar refractivity (Wildman–Crippen MR) is 103 cm³/mol. The Bertz CT molecular complexity index is 780. The third-order valence-electron chi connectivity index (χ3n) is 4.14. The first-order valence-electron chi connectivity index (χ1n) is 8.89. The molecule has 1 unspecified atom stereocenters. The van der Waals surface area contributed by atoms with E-state index < -0.39 is 24.0 Å². The van der Waals surface area contributed by atoms with Crippen molar-refractivity contribution >= 4 is 17.8 Å². The fraction of sp³-hybridized carbons (Fsp3) is 0.286. The van der Waals surface area contributed by atoms with Gasteiger partial charge in [-0.2, -0.15) is 0 Å². The largest absolute Gasteiger partial charge is 0.468 e. The normalized spacial score (nSPS) is 12.5. The average Bonchev–Trinajstić information content (AvgIpc) is 2.72. The molecule has 0 aromatic heterocycles. The minimum absolute atomic E-state index is 0.128. The summed E-state index contributed by atoms with van der Waals surface area (Å²) < 4.78 is 4.46. The molecule has 0 aliphatic carbocycles. The summed E-state index contributed by atoms with van der Waals surface area (Å²) in [6, 6.07) is 17.5. The zero-order chi connectivity index (χ0) is 20.4. The first-order chi connectivity index (χ1) is 13.5. The summed E-state index contributed by atoms with van der Waals surface area (Å²) in [6.45, 7) is -0.359. The third-order valence-corrected chi connectivity index (χ3v) is 4.14. The molecule has 2 amide bonds. The van der Waals surface area contributed by atoms with Gasteiger partial charge in [-0.3, -0.25) is 14.4 Å². The Kier molecular flexibility index (Phi) is 8.17. The van der Waals surface area contributed by atoms with Crippen LogP contribution in [0.15, 0.2) is 60.7 Å². The summed E-state index contributed by atoms with van der Waals surface area (Å²) in [5.41, 5.74) is 1.68. The van der Waals surface area contributed by atoms with Gasteiger partial charge in [-0.25, -0.2) is 0 Å². The number of aliphatic hydroxyl groups is 1. The second-order valence-electron chi connectivity index (χ2n) is 6.26. The highest BCUT2D eigenvalue weighted by molar-refractivity contribution is 5.86. The molecule has 0 saturated heterocycles. The van der Waals surface area contributed by atoms with E-state index >= 15 is 0 Å². The van der Waals surface area contributed by atoms with Crippen molar-refractivity contribution in [1.29, 1.82) is 0 Å². The molecule has 0 saturated carbocycles. The highest BCUT2D eigenvalue weighted by Crippen LogP contribution is 2.08. The van der Waals surface area contributed by atoms with Crippen molar-refractivity contribution in [2.45, 2.75) is 25.0 Å². The second kappa shape index (κ2) is 10.8. The summed E-state index contributed by atoms with van der Waals surface area (Å²) in [5, 5.41) is 15.5. The van der Waals surface area contributed by atoms with Crippen molar-refractivity contribution in [3.05, 3.63) is 71.8 Å². The van der Waals surface area contributed by atoms with E-state index in [0.717, 1.165) is 11.1 Å². The number of carbonyl (C=O) groups is 3. The van der Waals surface area contributed by atoms with E-state index in [4.69, 9.17) is 0 Å². The molecule has 7 nitrogen and oxygen atoms in total. The first kappa shape index (κ1) is 21.1. The lowest BCUT2D eigenvalue weighted by Crippen LogP contribution is -2.52. The van der Waals surface area contributed by atoms with Gasteiger partial charge in [0.25, 0.3) is 5.91 Å². The van der Waals surface area contributed by atoms with Crippen molar-refractivity contribution in [1.82, 2.24) is 10.6 Å². The van der Waals surface area contributed by atoms with Crippen LogP contribution in [0.25, 0.3) is 0 Å². The SMILES string of the molecule is COC(=O)CNC(=O)C(O)[C@H](Cc1ccccc1)NC(=O)Cc1ccccc1. The fourth-order valence-electron chi connectivity index (χ4n) is 2.67. The molecule has 0 radical (unpaired) electrons. The van der Waals surface area contributed by atoms with Crippen LogP contribution in [0.5, 0.6) is 0 Å². The van der Waals surface area contributed by atoms with E-state index in [-0.39, 0.29) is 25.3 Å². The first-order valence-corrected chi connectivity index (χ1v) is 8.89. The Morgan fingerprint density at radius 1 is 0.964 bits per heavy atom. The lowest BCUT2D eigenvalue weighted by atomic mass is 10.00. The molecule has 0 aliphatic rings. The number of hydrogen-bond donors (Lipinski definition) is 3. The van der Waals surface area contributed by atoms with Crippen LogP contribution in [0.3, 0.4) is 0 Å². The monoisotopic (exact) mass is 384 g/mol. The van der Waals surface area contributed by atoms with Gasteiger partial charge in [0.2, 0.25) is 5.91 Å². The Balaban J connectivity index is 2.06. The molecule has 0 bridgehead atoms. The predicted octanol–water partition coefficient (Wildman–Crippen LogP) is 0.607. The van der Waals surface area contributed by atoms with Gasteiger partial charge in [-0.15, -0.1) is 0 Å². The van der Waals surface area contributed by atoms with E-state index in [1.807, 2.05) is 60.7 Å². The molecule has 0 heterocycles. The van der Waals surface area contributed by atoms with Gasteiger partial charge < -0.3 is 20.5 Å². The summed E-state index contributed by atoms with van der Waals surface area (Å²) in [6.07, 6.45) is -1.14. The number of aliphatic hydroxyl groups excluding tert-OH is 1. The molecule has 7 heteroatoms. The minimum atomic E-state index is -1.52. The quantitative estimate of drug-likeness (QED) is 0.550. The Hall–Kier alpha value is -3.19. The fourth-order valence-corrected chi connectivity index (χ4v) is 2.67. The molecule has 148 valence electrons. The van der Waals surface area contributed by atoms with Crippen molar-refractivity contribution < 1.29 is 24.2 Å². The summed E-state index contributed by atoms with van der Waals surface area (Å²) in [4.78, 5) is 35.8. The van der Waals surface area contributed by atoms with E-state index in [1.165, 1.54) is 7.11 Å². The van der Waals surface area contributed by atoms with Crippen molar-refractivity contribution in [2.75, 3.05) is 13.7 Å². The molecule has 0 aliphatic heterocycles. The Labute approximate surface area is 163 Å². The highest BCUT2D eigenvalue weighted by Gasteiger charge is 2.28. The van der Waals surface area contributed by atoms with Gasteiger partial charge in [0.1, 0.15) is 6.54 Å². The number of nitrogens with one attached hydrogen (secondary N) is 2. The van der Waals surface area contributed by atoms with Crippen LogP contribution in [-0.2, 0) is 32.0 Å². The lowest BCUT2D eigenvalue weighted by Gasteiger charge is -2.24. The maximum absolute atomic E-state index is 12.4. The zero-order valence-corrected chi connectivity index (χ0v) is 15.6. The van der Waals surface area contributed by atoms with Crippen LogP contribution < -0.4 is 10.6 Å². The number of carbonyl (C=O) groups excluding carboxylic acids is 3. The molecular weight excluding hydrogens is 360 g/mol. The van der Waals surface area contributed by atoms with E-state index in [9.17, 15) is 19.5 Å². The molecule has 2 aromatic rings. The maximum atomic E-state index is 12.4. The minimum Gasteiger partial charge on any atom is -0.468 e. The molecule has 0 spiro atoms. The molecule has 3 N–H and O–H groups in total. The standard InChI is InChI=1S/C21H24N2O5/c1-28-19(25)14-22-21(27)20(26)17(12-15-8-4-2-5-9-15)23-18(24)13-16-10-6-3-7-11-16/h2-11,17,20,26H,12-14H2,1H3,(H,22,27)(H,23,24)/t17-,20?/m0/s1. The molecule has 2 atom stereocenters. The summed E-state index contributed by atoms with van der Waals surface area (Å²) in [5.74, 6) is -1.70. The number of hydrogen-bond acceptors (Lipinski definition) is 5. The third kappa shape index (κ3) is 6.85. The molecule has 28 heavy (non-hydrogen) atoms. The van der Waals surface area contributed by atoms with Crippen molar-refractivity contribution in [3.8, 4) is 0 Å². The van der Waals surface area contributed by atoms with E-state index in [1.54, 1.807) is 0 Å². The van der Waals surface area contributed by atoms with Gasteiger partial charge in [0, 0.05) is 0 Å². The average molecular weight is 384 g/mol. The lowest BCUT2D eigenvalue weighted by molar-refractivity contribution is -0.142. The number of benzene rings is 2. The van der Waals surface area contributed by atoms with Crippen LogP contribution in [-0.4, -0.2) is 48.7 Å². The molecule has 2 aromatic carbocycles. The number of ether oxygens (including phenoxy) is 1. The number of amides is 2. The van der Waals surface area contributed by atoms with Gasteiger partial charge in [0.15, 0.2) is 6.10 Å². The van der Waals surface area contributed by atoms with E-state index in [2.05, 4.69) is 15.4 Å². The summed E-state index contributed by atoms with van der Waals surface area (Å²) in [7, 11) is 1.20. The Morgan fingerprint density at radius 3 is 2.11 bits per heavy atom. The molecule has 2 rings (SSSR count). The van der Waals surface area contributed by atoms with Gasteiger partial charge in [0.05, 0.1) is 19.6 Å². The highest BCUT2D eigenvalue weighted by atomic mass is 16.5. The van der Waals surface area contributed by atoms with Crippen molar-refractivity contribution in [3.63, 3.8) is 0 Å². The number of rotatable bonds is 9. The van der Waals surface area contributed by atoms with Gasteiger partial charge in [-0.1, -0.05) is 60.7 Å². The van der Waals surface area contributed by atoms with Crippen LogP contribution in [0.4, 0.5) is 0 Å². The van der Waals surface area contributed by atoms with Crippen LogP contribution in [0.1, 0.15) is 11.1 Å². The second-order valence-corrected chi connectivity index (χ2v) is 6.26. The smallest absolute Gasteiger partial charge is 0.325 e. The Morgan fingerprint density at radius 2 is 1.54 bits per heavy atom. The number of methoxy groups -OCH3 is 1. The number of esters is 1. The molecule has 0 fully saturated rings. The zero-order valence-electron chi connectivity index (χ0n) is 15.6. The van der Waals surface area contributed by atoms with Gasteiger partial charge >= 0.3 is 5.97 Å². The maximum Gasteiger partial charge on any atom is 0.325 e. The summed E-state index contributed by atoms with van der Waals surface area (Å²) >= 11 is 0. The molecular formula is C21H24N2O5. The van der Waals surface area contributed by atoms with Gasteiger partial charge in [-0.05, 0) is 17.5 Å². The van der Waals surface area contributed by atoms with Crippen LogP contribution in [0, 0.1) is 0 Å². The topological polar surface area (TPSA) is 105 Å². The van der Waals surface area contributed by atoms with E-state index in [0.29, 0.717) is 0 Å². The van der Waals surface area contributed by atoms with Crippen molar-refractivity contribution in [2.24, 2.45) is 0 Å². The van der Waals surface area contributed by atoms with Crippen LogP contribution >= 0.6 is 0 Å².